The predicted octanol–water partition coefficient (Wildman–Crippen LogP) is 2.06. The van der Waals surface area contributed by atoms with E-state index in [1.165, 1.54) is 0 Å². The average molecular weight is 210 g/mol. The Kier molecular flexibility index (Phi) is 2.37. The molecule has 0 fully saturated rings. The lowest BCUT2D eigenvalue weighted by Gasteiger charge is -1.94. The van der Waals surface area contributed by atoms with Crippen LogP contribution < -0.4 is 5.73 Å². The maximum atomic E-state index is 5.55. The topological polar surface area (TPSA) is 64.9 Å². The van der Waals surface area contributed by atoms with Crippen molar-refractivity contribution in [2.24, 2.45) is 0 Å². The standard InChI is InChI=1S/C9H8ClN3O/c10-5-8-12-9(13-14-8)6-1-3-7(11)4-2-6/h1-4H,5,11H2. The summed E-state index contributed by atoms with van der Waals surface area (Å²) < 4.78 is 4.87. The second kappa shape index (κ2) is 3.67. The van der Waals surface area contributed by atoms with Crippen LogP contribution in [0.4, 0.5) is 5.69 Å². The van der Waals surface area contributed by atoms with Gasteiger partial charge in [0.2, 0.25) is 11.7 Å². The van der Waals surface area contributed by atoms with Gasteiger partial charge in [-0.25, -0.2) is 0 Å². The van der Waals surface area contributed by atoms with E-state index < -0.39 is 0 Å². The Morgan fingerprint density at radius 2 is 2.00 bits per heavy atom. The van der Waals surface area contributed by atoms with Crippen molar-refractivity contribution in [2.45, 2.75) is 5.88 Å². The molecule has 0 aliphatic carbocycles. The summed E-state index contributed by atoms with van der Waals surface area (Å²) in [5, 5.41) is 3.78. The third kappa shape index (κ3) is 1.70. The lowest BCUT2D eigenvalue weighted by atomic mass is 10.2. The summed E-state index contributed by atoms with van der Waals surface area (Å²) in [6.07, 6.45) is 0. The van der Waals surface area contributed by atoms with Gasteiger partial charge in [0.05, 0.1) is 0 Å². The van der Waals surface area contributed by atoms with E-state index in [0.717, 1.165) is 5.56 Å². The molecule has 4 nitrogen and oxygen atoms in total. The van der Waals surface area contributed by atoms with Crippen molar-refractivity contribution in [3.05, 3.63) is 30.2 Å². The van der Waals surface area contributed by atoms with Gasteiger partial charge >= 0.3 is 0 Å². The summed E-state index contributed by atoms with van der Waals surface area (Å²) in [5.74, 6) is 1.17. The van der Waals surface area contributed by atoms with Gasteiger partial charge < -0.3 is 10.3 Å². The van der Waals surface area contributed by atoms with E-state index in [1.807, 2.05) is 12.1 Å². The van der Waals surface area contributed by atoms with Crippen LogP contribution in [0.3, 0.4) is 0 Å². The van der Waals surface area contributed by atoms with Crippen LogP contribution in [0.2, 0.25) is 0 Å². The van der Waals surface area contributed by atoms with Gasteiger partial charge in [-0.2, -0.15) is 4.98 Å². The van der Waals surface area contributed by atoms with Gasteiger partial charge in [0, 0.05) is 11.3 Å². The fourth-order valence-electron chi connectivity index (χ4n) is 1.06. The van der Waals surface area contributed by atoms with Crippen LogP contribution in [0.5, 0.6) is 0 Å². The van der Waals surface area contributed by atoms with Crippen molar-refractivity contribution in [3.8, 4) is 11.4 Å². The monoisotopic (exact) mass is 209 g/mol. The number of nitrogens with two attached hydrogens (primary N) is 1. The molecule has 0 atom stereocenters. The zero-order valence-corrected chi connectivity index (χ0v) is 8.03. The maximum Gasteiger partial charge on any atom is 0.241 e. The third-order valence-electron chi connectivity index (χ3n) is 1.75. The lowest BCUT2D eigenvalue weighted by molar-refractivity contribution is 0.391. The van der Waals surface area contributed by atoms with Gasteiger partial charge in [0.1, 0.15) is 5.88 Å². The summed E-state index contributed by atoms with van der Waals surface area (Å²) in [7, 11) is 0. The van der Waals surface area contributed by atoms with E-state index in [9.17, 15) is 0 Å². The van der Waals surface area contributed by atoms with Crippen LogP contribution in [0.1, 0.15) is 5.89 Å². The molecule has 0 amide bonds. The Labute approximate surface area is 85.7 Å². The zero-order valence-electron chi connectivity index (χ0n) is 7.27. The summed E-state index contributed by atoms with van der Waals surface area (Å²) in [6.45, 7) is 0. The minimum absolute atomic E-state index is 0.224. The second-order valence-corrected chi connectivity index (χ2v) is 3.03. The first-order chi connectivity index (χ1) is 6.79. The Morgan fingerprint density at radius 1 is 1.29 bits per heavy atom. The molecule has 72 valence electrons. The molecule has 5 heteroatoms. The molecule has 2 N–H and O–H groups in total. The minimum atomic E-state index is 0.224. The summed E-state index contributed by atoms with van der Waals surface area (Å²) >= 11 is 5.54. The zero-order chi connectivity index (χ0) is 9.97. The third-order valence-corrected chi connectivity index (χ3v) is 1.98. The van der Waals surface area contributed by atoms with E-state index in [0.29, 0.717) is 17.4 Å². The largest absolute Gasteiger partial charge is 0.399 e. The van der Waals surface area contributed by atoms with Crippen molar-refractivity contribution in [1.82, 2.24) is 10.1 Å². The highest BCUT2D eigenvalue weighted by Gasteiger charge is 2.06. The summed E-state index contributed by atoms with van der Waals surface area (Å²) in [6, 6.07) is 7.23. The van der Waals surface area contributed by atoms with Crippen LogP contribution >= 0.6 is 11.6 Å². The highest BCUT2D eigenvalue weighted by molar-refractivity contribution is 6.16. The molecule has 0 saturated carbocycles. The van der Waals surface area contributed by atoms with E-state index in [1.54, 1.807) is 12.1 Å². The van der Waals surface area contributed by atoms with Crippen molar-refractivity contribution < 1.29 is 4.52 Å². The van der Waals surface area contributed by atoms with E-state index in [4.69, 9.17) is 21.9 Å². The molecular formula is C9H8ClN3O. The number of aromatic nitrogens is 2. The number of hydrogen-bond acceptors (Lipinski definition) is 4. The summed E-state index contributed by atoms with van der Waals surface area (Å²) in [5.41, 5.74) is 7.11. The molecule has 0 saturated heterocycles. The lowest BCUT2D eigenvalue weighted by Crippen LogP contribution is -1.85. The number of halogens is 1. The number of alkyl halides is 1. The molecule has 1 aromatic carbocycles. The quantitative estimate of drug-likeness (QED) is 0.607. The second-order valence-electron chi connectivity index (χ2n) is 2.77. The van der Waals surface area contributed by atoms with Gasteiger partial charge in [0.25, 0.3) is 0 Å². The van der Waals surface area contributed by atoms with Crippen molar-refractivity contribution >= 4 is 17.3 Å². The molecule has 0 unspecified atom stereocenters. The predicted molar refractivity (Wildman–Crippen MR) is 53.7 cm³/mol. The van der Waals surface area contributed by atoms with Gasteiger partial charge in [-0.05, 0) is 24.3 Å². The Morgan fingerprint density at radius 3 is 2.57 bits per heavy atom. The molecule has 2 aromatic rings. The van der Waals surface area contributed by atoms with Crippen LogP contribution in [0.25, 0.3) is 11.4 Å². The van der Waals surface area contributed by atoms with Gasteiger partial charge in [-0.3, -0.25) is 0 Å². The molecule has 1 aromatic heterocycles. The van der Waals surface area contributed by atoms with Crippen LogP contribution in [0, 0.1) is 0 Å². The molecule has 0 radical (unpaired) electrons. The van der Waals surface area contributed by atoms with Crippen molar-refractivity contribution in [1.29, 1.82) is 0 Å². The van der Waals surface area contributed by atoms with Crippen LogP contribution in [0.15, 0.2) is 28.8 Å². The van der Waals surface area contributed by atoms with Crippen molar-refractivity contribution in [2.75, 3.05) is 5.73 Å². The first kappa shape index (κ1) is 9.02. The van der Waals surface area contributed by atoms with Crippen LogP contribution in [-0.4, -0.2) is 10.1 Å². The number of rotatable bonds is 2. The number of hydrogen-bond donors (Lipinski definition) is 1. The smallest absolute Gasteiger partial charge is 0.241 e. The van der Waals surface area contributed by atoms with E-state index in [2.05, 4.69) is 10.1 Å². The van der Waals surface area contributed by atoms with E-state index >= 15 is 0 Å². The highest BCUT2D eigenvalue weighted by atomic mass is 35.5. The molecule has 14 heavy (non-hydrogen) atoms. The Balaban J connectivity index is 2.34. The number of nitrogens with zero attached hydrogens (tertiary/aromatic N) is 2. The minimum Gasteiger partial charge on any atom is -0.399 e. The number of nitrogen functional groups attached to an aromatic ring is 1. The van der Waals surface area contributed by atoms with Gasteiger partial charge in [-0.15, -0.1) is 11.6 Å². The number of anilines is 1. The first-order valence-corrected chi connectivity index (χ1v) is 4.57. The summed E-state index contributed by atoms with van der Waals surface area (Å²) in [4.78, 5) is 4.08. The highest BCUT2D eigenvalue weighted by Crippen LogP contribution is 2.17. The van der Waals surface area contributed by atoms with E-state index in [-0.39, 0.29) is 5.88 Å². The molecule has 2 rings (SSSR count). The average Bonchev–Trinajstić information content (AvgIpc) is 2.67. The Hall–Kier alpha value is -1.55. The molecule has 1 heterocycles. The fraction of sp³-hybridized carbons (Fsp3) is 0.111. The fourth-order valence-corrected chi connectivity index (χ4v) is 1.17. The number of benzene rings is 1. The molecule has 0 aliphatic heterocycles. The van der Waals surface area contributed by atoms with Crippen molar-refractivity contribution in [3.63, 3.8) is 0 Å². The SMILES string of the molecule is Nc1ccc(-c2noc(CCl)n2)cc1. The Bertz CT molecular complexity index is 424. The van der Waals surface area contributed by atoms with Crippen LogP contribution in [-0.2, 0) is 5.88 Å². The molecule has 0 aliphatic rings. The maximum absolute atomic E-state index is 5.55. The first-order valence-electron chi connectivity index (χ1n) is 4.04. The van der Waals surface area contributed by atoms with Gasteiger partial charge in [-0.1, -0.05) is 5.16 Å². The normalized spacial score (nSPS) is 10.4. The van der Waals surface area contributed by atoms with Gasteiger partial charge in [0.15, 0.2) is 0 Å². The molecule has 0 spiro atoms. The molecule has 0 bridgehead atoms. The molecular weight excluding hydrogens is 202 g/mol.